The van der Waals surface area contributed by atoms with Gasteiger partial charge in [-0.3, -0.25) is 0 Å². The van der Waals surface area contributed by atoms with Crippen LogP contribution in [-0.4, -0.2) is 6.54 Å². The van der Waals surface area contributed by atoms with Crippen LogP contribution in [0.2, 0.25) is 5.02 Å². The molecule has 0 heterocycles. The lowest BCUT2D eigenvalue weighted by Crippen LogP contribution is -2.24. The Morgan fingerprint density at radius 2 is 1.85 bits per heavy atom. The van der Waals surface area contributed by atoms with Gasteiger partial charge in [0.1, 0.15) is 11.6 Å². The van der Waals surface area contributed by atoms with E-state index in [1.807, 2.05) is 6.92 Å². The number of halogens is 4. The third-order valence-corrected chi connectivity index (χ3v) is 4.17. The van der Waals surface area contributed by atoms with Crippen molar-refractivity contribution in [3.8, 4) is 0 Å². The Morgan fingerprint density at radius 3 is 2.50 bits per heavy atom. The van der Waals surface area contributed by atoms with E-state index in [0.29, 0.717) is 27.2 Å². The van der Waals surface area contributed by atoms with E-state index in [1.54, 1.807) is 18.2 Å². The van der Waals surface area contributed by atoms with Crippen molar-refractivity contribution in [1.29, 1.82) is 0 Å². The van der Waals surface area contributed by atoms with Crippen LogP contribution in [0.1, 0.15) is 24.1 Å². The SMILES string of the molecule is CCNC(c1ccccc1F)c1cc(Cl)c(Br)cc1F. The van der Waals surface area contributed by atoms with E-state index < -0.39 is 11.9 Å². The molecule has 1 unspecified atom stereocenters. The molecule has 1 atom stereocenters. The molecular weight excluding hydrogens is 348 g/mol. The van der Waals surface area contributed by atoms with Gasteiger partial charge in [-0.25, -0.2) is 8.78 Å². The maximum Gasteiger partial charge on any atom is 0.129 e. The van der Waals surface area contributed by atoms with Crippen LogP contribution in [0.3, 0.4) is 0 Å². The third-order valence-electron chi connectivity index (χ3n) is 2.98. The largest absolute Gasteiger partial charge is 0.306 e. The molecule has 0 aliphatic carbocycles. The summed E-state index contributed by atoms with van der Waals surface area (Å²) in [6.07, 6.45) is 0. The lowest BCUT2D eigenvalue weighted by Gasteiger charge is -2.20. The van der Waals surface area contributed by atoms with Crippen molar-refractivity contribution in [3.63, 3.8) is 0 Å². The Hall–Kier alpha value is -0.970. The molecule has 0 amide bonds. The first-order valence-corrected chi connectivity index (χ1v) is 7.34. The molecule has 0 saturated carbocycles. The predicted molar refractivity (Wildman–Crippen MR) is 81.0 cm³/mol. The topological polar surface area (TPSA) is 12.0 Å². The predicted octanol–water partition coefficient (Wildman–Crippen LogP) is 5.08. The fourth-order valence-electron chi connectivity index (χ4n) is 2.06. The molecule has 0 aromatic heterocycles. The fourth-order valence-corrected chi connectivity index (χ4v) is 2.55. The lowest BCUT2D eigenvalue weighted by molar-refractivity contribution is 0.530. The van der Waals surface area contributed by atoms with Gasteiger partial charge in [0.05, 0.1) is 11.1 Å². The number of hydrogen-bond donors (Lipinski definition) is 1. The van der Waals surface area contributed by atoms with Gasteiger partial charge in [-0.2, -0.15) is 0 Å². The molecule has 0 aliphatic rings. The highest BCUT2D eigenvalue weighted by molar-refractivity contribution is 9.10. The minimum absolute atomic E-state index is 0.324. The van der Waals surface area contributed by atoms with E-state index in [4.69, 9.17) is 11.6 Å². The van der Waals surface area contributed by atoms with Crippen LogP contribution in [0.4, 0.5) is 8.78 Å². The summed E-state index contributed by atoms with van der Waals surface area (Å²) in [7, 11) is 0. The first kappa shape index (κ1) is 15.4. The second kappa shape index (κ2) is 6.66. The highest BCUT2D eigenvalue weighted by Gasteiger charge is 2.21. The summed E-state index contributed by atoms with van der Waals surface area (Å²) >= 11 is 9.19. The summed E-state index contributed by atoms with van der Waals surface area (Å²) in [5.41, 5.74) is 0.719. The second-order valence-electron chi connectivity index (χ2n) is 4.30. The quantitative estimate of drug-likeness (QED) is 0.750. The van der Waals surface area contributed by atoms with Crippen molar-refractivity contribution < 1.29 is 8.78 Å². The number of rotatable bonds is 4. The Labute approximate surface area is 130 Å². The van der Waals surface area contributed by atoms with Gasteiger partial charge in [0.15, 0.2) is 0 Å². The van der Waals surface area contributed by atoms with E-state index in [1.165, 1.54) is 18.2 Å². The van der Waals surface area contributed by atoms with Gasteiger partial charge in [0.25, 0.3) is 0 Å². The first-order valence-electron chi connectivity index (χ1n) is 6.16. The van der Waals surface area contributed by atoms with Crippen molar-refractivity contribution in [3.05, 3.63) is 68.7 Å². The Balaban J connectivity index is 2.54. The van der Waals surface area contributed by atoms with Crippen LogP contribution in [0.5, 0.6) is 0 Å². The van der Waals surface area contributed by atoms with Crippen molar-refractivity contribution in [2.75, 3.05) is 6.54 Å². The highest BCUT2D eigenvalue weighted by atomic mass is 79.9. The van der Waals surface area contributed by atoms with E-state index >= 15 is 0 Å². The van der Waals surface area contributed by atoms with Gasteiger partial charge in [-0.1, -0.05) is 36.7 Å². The zero-order chi connectivity index (χ0) is 14.7. The number of hydrogen-bond acceptors (Lipinski definition) is 1. The van der Waals surface area contributed by atoms with Crippen LogP contribution < -0.4 is 5.32 Å². The van der Waals surface area contributed by atoms with Crippen molar-refractivity contribution in [2.45, 2.75) is 13.0 Å². The fraction of sp³-hybridized carbons (Fsp3) is 0.200. The molecule has 0 spiro atoms. The van der Waals surface area contributed by atoms with Crippen LogP contribution in [-0.2, 0) is 0 Å². The van der Waals surface area contributed by atoms with Gasteiger partial charge in [-0.15, -0.1) is 0 Å². The molecular formula is C15H13BrClF2N. The summed E-state index contributed by atoms with van der Waals surface area (Å²) in [5.74, 6) is -0.813. The molecule has 1 nitrogen and oxygen atoms in total. The summed E-state index contributed by atoms with van der Waals surface area (Å²) in [5, 5.41) is 3.48. The highest BCUT2D eigenvalue weighted by Crippen LogP contribution is 2.32. The number of benzene rings is 2. The Morgan fingerprint density at radius 1 is 1.15 bits per heavy atom. The molecule has 0 fully saturated rings. The summed E-state index contributed by atoms with van der Waals surface area (Å²) in [4.78, 5) is 0. The zero-order valence-electron chi connectivity index (χ0n) is 10.8. The molecule has 0 aliphatic heterocycles. The third kappa shape index (κ3) is 3.19. The molecule has 2 aromatic rings. The normalized spacial score (nSPS) is 12.4. The summed E-state index contributed by atoms with van der Waals surface area (Å²) < 4.78 is 28.6. The Kier molecular flexibility index (Phi) is 5.13. The lowest BCUT2D eigenvalue weighted by atomic mass is 9.97. The summed E-state index contributed by atoms with van der Waals surface area (Å²) in [6.45, 7) is 2.46. The van der Waals surface area contributed by atoms with Crippen LogP contribution in [0.15, 0.2) is 40.9 Å². The number of nitrogens with one attached hydrogen (secondary N) is 1. The van der Waals surface area contributed by atoms with E-state index in [9.17, 15) is 8.78 Å². The minimum atomic E-state index is -0.577. The van der Waals surface area contributed by atoms with Gasteiger partial charge >= 0.3 is 0 Å². The maximum atomic E-state index is 14.2. The molecule has 0 saturated heterocycles. The van der Waals surface area contributed by atoms with E-state index in [0.717, 1.165) is 0 Å². The zero-order valence-corrected chi connectivity index (χ0v) is 13.1. The molecule has 2 aromatic carbocycles. The maximum absolute atomic E-state index is 14.2. The molecule has 1 N–H and O–H groups in total. The van der Waals surface area contributed by atoms with Gasteiger partial charge in [-0.05, 0) is 40.7 Å². The smallest absolute Gasteiger partial charge is 0.129 e. The van der Waals surface area contributed by atoms with Gasteiger partial charge in [0.2, 0.25) is 0 Å². The van der Waals surface area contributed by atoms with Crippen LogP contribution >= 0.6 is 27.5 Å². The second-order valence-corrected chi connectivity index (χ2v) is 5.56. The molecule has 0 bridgehead atoms. The molecule has 20 heavy (non-hydrogen) atoms. The Bertz CT molecular complexity index is 619. The minimum Gasteiger partial charge on any atom is -0.306 e. The van der Waals surface area contributed by atoms with Gasteiger partial charge < -0.3 is 5.32 Å². The summed E-state index contributed by atoms with van der Waals surface area (Å²) in [6, 6.07) is 8.56. The van der Waals surface area contributed by atoms with Crippen molar-refractivity contribution >= 4 is 27.5 Å². The van der Waals surface area contributed by atoms with Gasteiger partial charge in [0, 0.05) is 15.6 Å². The average molecular weight is 361 g/mol. The van der Waals surface area contributed by atoms with Crippen LogP contribution in [0, 0.1) is 11.6 Å². The molecule has 0 radical (unpaired) electrons. The molecule has 5 heteroatoms. The van der Waals surface area contributed by atoms with E-state index in [-0.39, 0.29) is 5.82 Å². The van der Waals surface area contributed by atoms with Crippen molar-refractivity contribution in [1.82, 2.24) is 5.32 Å². The van der Waals surface area contributed by atoms with E-state index in [2.05, 4.69) is 21.2 Å². The monoisotopic (exact) mass is 359 g/mol. The average Bonchev–Trinajstić information content (AvgIpc) is 2.42. The standard InChI is InChI=1S/C15H13BrClF2N/c1-2-20-15(9-5-3-4-6-13(9)18)10-7-12(17)11(16)8-14(10)19/h3-8,15,20H,2H2,1H3. The molecule has 106 valence electrons. The van der Waals surface area contributed by atoms with Crippen LogP contribution in [0.25, 0.3) is 0 Å². The first-order chi connectivity index (χ1) is 9.54. The van der Waals surface area contributed by atoms with Crippen molar-refractivity contribution in [2.24, 2.45) is 0 Å². The molecule has 2 rings (SSSR count).